The van der Waals surface area contributed by atoms with Gasteiger partial charge in [-0.25, -0.2) is 4.79 Å². The van der Waals surface area contributed by atoms with Crippen LogP contribution in [0.15, 0.2) is 36.4 Å². The molecule has 2 N–H and O–H groups in total. The molecule has 0 aliphatic heterocycles. The van der Waals surface area contributed by atoms with Gasteiger partial charge in [0, 0.05) is 10.0 Å². The van der Waals surface area contributed by atoms with E-state index in [1.54, 1.807) is 32.0 Å². The Labute approximate surface area is 225 Å². The Kier molecular flexibility index (Phi) is 9.27. The van der Waals surface area contributed by atoms with Crippen LogP contribution in [0.2, 0.25) is 20.1 Å². The predicted molar refractivity (Wildman–Crippen MR) is 140 cm³/mol. The Balaban J connectivity index is 1.83. The van der Waals surface area contributed by atoms with E-state index in [0.717, 1.165) is 11.3 Å². The number of thiophene rings is 1. The molecule has 35 heavy (non-hydrogen) atoms. The van der Waals surface area contributed by atoms with Crippen molar-refractivity contribution in [3.05, 3.63) is 72.5 Å². The predicted octanol–water partition coefficient (Wildman–Crippen LogP) is 7.12. The Morgan fingerprint density at radius 3 is 2.31 bits per heavy atom. The van der Waals surface area contributed by atoms with Gasteiger partial charge >= 0.3 is 5.97 Å². The van der Waals surface area contributed by atoms with Gasteiger partial charge in [0.15, 0.2) is 6.61 Å². The first-order valence-electron chi connectivity index (χ1n) is 10.0. The average molecular weight is 576 g/mol. The van der Waals surface area contributed by atoms with Crippen molar-refractivity contribution in [2.45, 2.75) is 13.8 Å². The van der Waals surface area contributed by atoms with E-state index in [4.69, 9.17) is 55.9 Å². The van der Waals surface area contributed by atoms with Crippen LogP contribution < -0.4 is 15.4 Å². The molecule has 0 bridgehead atoms. The van der Waals surface area contributed by atoms with Crippen molar-refractivity contribution >= 4 is 86.2 Å². The summed E-state index contributed by atoms with van der Waals surface area (Å²) >= 11 is 25.0. The fourth-order valence-electron chi connectivity index (χ4n) is 2.94. The molecular formula is C23H18Cl4N2O5S. The Morgan fingerprint density at radius 2 is 1.63 bits per heavy atom. The summed E-state index contributed by atoms with van der Waals surface area (Å²) in [5.41, 5.74) is 0.701. The number of carbonyl (C=O) groups excluding carboxylic acids is 3. The van der Waals surface area contributed by atoms with Crippen LogP contribution in [0.3, 0.4) is 0 Å². The van der Waals surface area contributed by atoms with E-state index in [1.165, 1.54) is 18.2 Å². The molecule has 2 amide bonds. The van der Waals surface area contributed by atoms with Crippen LogP contribution in [0, 0.1) is 6.92 Å². The topological polar surface area (TPSA) is 93.7 Å². The largest absolute Gasteiger partial charge is 0.482 e. The molecule has 0 saturated heterocycles. The summed E-state index contributed by atoms with van der Waals surface area (Å²) in [6.45, 7) is 2.94. The maximum absolute atomic E-state index is 13.0. The van der Waals surface area contributed by atoms with E-state index in [2.05, 4.69) is 10.6 Å². The van der Waals surface area contributed by atoms with E-state index in [1.807, 2.05) is 0 Å². The second kappa shape index (κ2) is 12.0. The highest BCUT2D eigenvalue weighted by Crippen LogP contribution is 2.35. The Morgan fingerprint density at radius 1 is 0.943 bits per heavy atom. The lowest BCUT2D eigenvalue weighted by atomic mass is 10.1. The van der Waals surface area contributed by atoms with Gasteiger partial charge in [0.1, 0.15) is 10.8 Å². The van der Waals surface area contributed by atoms with E-state index in [0.29, 0.717) is 21.3 Å². The third kappa shape index (κ3) is 6.80. The number of rotatable bonds is 8. The van der Waals surface area contributed by atoms with E-state index >= 15 is 0 Å². The number of carbonyl (C=O) groups is 3. The first-order chi connectivity index (χ1) is 16.6. The molecule has 0 radical (unpaired) electrons. The zero-order valence-corrected chi connectivity index (χ0v) is 22.2. The second-order valence-electron chi connectivity index (χ2n) is 6.97. The van der Waals surface area contributed by atoms with Crippen LogP contribution >= 0.6 is 57.7 Å². The molecule has 0 spiro atoms. The quantitative estimate of drug-likeness (QED) is 0.279. The van der Waals surface area contributed by atoms with Gasteiger partial charge in [-0.1, -0.05) is 46.4 Å². The summed E-state index contributed by atoms with van der Waals surface area (Å²) in [5.74, 6) is -1.53. The van der Waals surface area contributed by atoms with Crippen molar-refractivity contribution in [1.82, 2.24) is 0 Å². The standard InChI is InChI=1S/C23H18Cl4N2O5S/c1-3-33-23(32)19-11(2)20(21(31)28-16-9-13(25)4-6-14(16)26)35-22(19)29-18(30)10-34-17-7-5-12(24)8-15(17)27/h4-9H,3,10H2,1-2H3,(H,28,31)(H,29,30). The van der Waals surface area contributed by atoms with Gasteiger partial charge in [0.2, 0.25) is 0 Å². The molecule has 0 aliphatic rings. The molecule has 7 nitrogen and oxygen atoms in total. The van der Waals surface area contributed by atoms with Crippen LogP contribution in [-0.4, -0.2) is 31.0 Å². The molecule has 1 heterocycles. The summed E-state index contributed by atoms with van der Waals surface area (Å²) < 4.78 is 10.6. The van der Waals surface area contributed by atoms with E-state index in [9.17, 15) is 14.4 Å². The Hall–Kier alpha value is -2.49. The van der Waals surface area contributed by atoms with E-state index < -0.39 is 24.4 Å². The number of esters is 1. The minimum absolute atomic E-state index is 0.0667. The van der Waals surface area contributed by atoms with E-state index in [-0.39, 0.29) is 37.8 Å². The fourth-order valence-corrected chi connectivity index (χ4v) is 4.84. The van der Waals surface area contributed by atoms with Gasteiger partial charge in [-0.15, -0.1) is 11.3 Å². The number of amides is 2. The number of anilines is 2. The van der Waals surface area contributed by atoms with Gasteiger partial charge in [-0.05, 0) is 55.8 Å². The SMILES string of the molecule is CCOC(=O)c1c(NC(=O)COc2ccc(Cl)cc2Cl)sc(C(=O)Nc2cc(Cl)ccc2Cl)c1C. The van der Waals surface area contributed by atoms with Crippen LogP contribution in [-0.2, 0) is 9.53 Å². The van der Waals surface area contributed by atoms with Crippen molar-refractivity contribution in [2.75, 3.05) is 23.8 Å². The molecule has 0 fully saturated rings. The normalized spacial score (nSPS) is 10.6. The first-order valence-corrected chi connectivity index (χ1v) is 12.4. The molecule has 184 valence electrons. The summed E-state index contributed by atoms with van der Waals surface area (Å²) in [7, 11) is 0. The minimum Gasteiger partial charge on any atom is -0.482 e. The van der Waals surface area contributed by atoms with Gasteiger partial charge in [0.25, 0.3) is 11.8 Å². The molecular weight excluding hydrogens is 558 g/mol. The first kappa shape index (κ1) is 27.1. The second-order valence-corrected chi connectivity index (χ2v) is 9.68. The van der Waals surface area contributed by atoms with Crippen molar-refractivity contribution in [3.63, 3.8) is 0 Å². The van der Waals surface area contributed by atoms with Crippen molar-refractivity contribution < 1.29 is 23.9 Å². The highest BCUT2D eigenvalue weighted by atomic mass is 35.5. The van der Waals surface area contributed by atoms with Crippen LogP contribution in [0.5, 0.6) is 5.75 Å². The summed E-state index contributed by atoms with van der Waals surface area (Å²) in [6, 6.07) is 9.21. The highest BCUT2D eigenvalue weighted by Gasteiger charge is 2.27. The smallest absolute Gasteiger partial charge is 0.341 e. The fraction of sp³-hybridized carbons (Fsp3) is 0.174. The third-order valence-electron chi connectivity index (χ3n) is 4.51. The van der Waals surface area contributed by atoms with Gasteiger partial charge in [-0.2, -0.15) is 0 Å². The lowest BCUT2D eigenvalue weighted by Gasteiger charge is -2.09. The molecule has 0 unspecified atom stereocenters. The lowest BCUT2D eigenvalue weighted by Crippen LogP contribution is -2.21. The molecule has 3 rings (SSSR count). The summed E-state index contributed by atoms with van der Waals surface area (Å²) in [6.07, 6.45) is 0. The molecule has 0 atom stereocenters. The van der Waals surface area contributed by atoms with Crippen molar-refractivity contribution in [2.24, 2.45) is 0 Å². The summed E-state index contributed by atoms with van der Waals surface area (Å²) in [4.78, 5) is 38.4. The molecule has 1 aromatic heterocycles. The van der Waals surface area contributed by atoms with Crippen LogP contribution in [0.4, 0.5) is 10.7 Å². The molecule has 0 saturated carbocycles. The molecule has 2 aromatic carbocycles. The Bertz CT molecular complexity index is 1300. The number of benzene rings is 2. The van der Waals surface area contributed by atoms with Crippen molar-refractivity contribution in [3.8, 4) is 5.75 Å². The van der Waals surface area contributed by atoms with Gasteiger partial charge < -0.3 is 20.1 Å². The maximum Gasteiger partial charge on any atom is 0.341 e. The summed E-state index contributed by atoms with van der Waals surface area (Å²) in [5, 5.41) is 6.75. The maximum atomic E-state index is 13.0. The van der Waals surface area contributed by atoms with Crippen LogP contribution in [0.1, 0.15) is 32.5 Å². The van der Waals surface area contributed by atoms with Crippen LogP contribution in [0.25, 0.3) is 0 Å². The lowest BCUT2D eigenvalue weighted by molar-refractivity contribution is -0.118. The third-order valence-corrected chi connectivity index (χ3v) is 6.82. The molecule has 3 aromatic rings. The van der Waals surface area contributed by atoms with Crippen molar-refractivity contribution in [1.29, 1.82) is 0 Å². The minimum atomic E-state index is -0.682. The zero-order chi connectivity index (χ0) is 25.7. The number of halogens is 4. The number of hydrogen-bond acceptors (Lipinski definition) is 6. The monoisotopic (exact) mass is 574 g/mol. The number of ether oxygens (including phenoxy) is 2. The highest BCUT2D eigenvalue weighted by molar-refractivity contribution is 7.19. The molecule has 12 heteroatoms. The average Bonchev–Trinajstić information content (AvgIpc) is 3.11. The molecule has 0 aliphatic carbocycles. The zero-order valence-electron chi connectivity index (χ0n) is 18.3. The number of nitrogens with one attached hydrogen (secondary N) is 2. The van der Waals surface area contributed by atoms with Gasteiger partial charge in [0.05, 0.1) is 32.8 Å². The van der Waals surface area contributed by atoms with Gasteiger partial charge in [-0.3, -0.25) is 9.59 Å². The number of hydrogen-bond donors (Lipinski definition) is 2.